The number of hydrogen-bond acceptors (Lipinski definition) is 2. The van der Waals surface area contributed by atoms with Crippen LogP contribution in [0.15, 0.2) is 0 Å². The van der Waals surface area contributed by atoms with Crippen molar-refractivity contribution < 1.29 is 8.78 Å². The Morgan fingerprint density at radius 1 is 1.47 bits per heavy atom. The third-order valence-electron chi connectivity index (χ3n) is 1.81. The lowest BCUT2D eigenvalue weighted by molar-refractivity contribution is 0.143. The largest absolute Gasteiger partial charge is 0.283 e. The molecule has 15 heavy (non-hydrogen) atoms. The first-order valence-corrected chi connectivity index (χ1v) is 4.64. The zero-order valence-electron chi connectivity index (χ0n) is 8.55. The van der Waals surface area contributed by atoms with Crippen molar-refractivity contribution in [2.45, 2.75) is 32.7 Å². The molecule has 0 aliphatic rings. The average Bonchev–Trinajstić information content (AvgIpc) is 2.41. The van der Waals surface area contributed by atoms with Crippen molar-refractivity contribution in [2.24, 2.45) is 0 Å². The van der Waals surface area contributed by atoms with Crippen molar-refractivity contribution in [3.63, 3.8) is 0 Å². The third-order valence-corrected chi connectivity index (χ3v) is 2.16. The maximum atomic E-state index is 12.5. The zero-order chi connectivity index (χ0) is 11.8. The molecular weight excluding hydrogens is 224 g/mol. The molecule has 0 aliphatic carbocycles. The minimum Gasteiger partial charge on any atom is -0.247 e. The molecule has 3 nitrogen and oxygen atoms in total. The minimum atomic E-state index is -2.79. The third kappa shape index (κ3) is 2.10. The molecule has 0 atom stereocenters. The molecule has 0 unspecified atom stereocenters. The van der Waals surface area contributed by atoms with Gasteiger partial charge in [0.2, 0.25) is 0 Å². The van der Waals surface area contributed by atoms with E-state index >= 15 is 0 Å². The molecule has 1 aromatic heterocycles. The summed E-state index contributed by atoms with van der Waals surface area (Å²) >= 11 is 5.80. The number of rotatable bonds is 1. The molecule has 0 aliphatic heterocycles. The summed E-state index contributed by atoms with van der Waals surface area (Å²) in [7, 11) is 0. The molecule has 82 valence electrons. The lowest BCUT2D eigenvalue weighted by Crippen LogP contribution is -2.23. The topological polar surface area (TPSA) is 41.6 Å². The number of nitrogens with zero attached hydrogens (tertiary/aromatic N) is 3. The standard InChI is InChI=1S/C9H10ClF2N3/c1-9(2,3)15-7(10)5(4-13)6(14-15)8(11)12/h8H,1-3H3. The van der Waals surface area contributed by atoms with E-state index in [9.17, 15) is 8.78 Å². The van der Waals surface area contributed by atoms with Crippen LogP contribution in [0.3, 0.4) is 0 Å². The van der Waals surface area contributed by atoms with E-state index in [0.29, 0.717) is 0 Å². The minimum absolute atomic E-state index is 0.0414. The van der Waals surface area contributed by atoms with Gasteiger partial charge >= 0.3 is 0 Å². The monoisotopic (exact) mass is 233 g/mol. The Balaban J connectivity index is 3.43. The molecule has 0 amide bonds. The van der Waals surface area contributed by atoms with Crippen LogP contribution in [-0.2, 0) is 5.54 Å². The van der Waals surface area contributed by atoms with Crippen LogP contribution in [0.4, 0.5) is 8.78 Å². The lowest BCUT2D eigenvalue weighted by atomic mass is 10.1. The second-order valence-electron chi connectivity index (χ2n) is 4.05. The van der Waals surface area contributed by atoms with Gasteiger partial charge in [-0.15, -0.1) is 0 Å². The number of alkyl halides is 2. The summed E-state index contributed by atoms with van der Waals surface area (Å²) in [5, 5.41) is 12.3. The van der Waals surface area contributed by atoms with Gasteiger partial charge in [-0.25, -0.2) is 13.5 Å². The van der Waals surface area contributed by atoms with Crippen LogP contribution in [0.5, 0.6) is 0 Å². The van der Waals surface area contributed by atoms with Crippen molar-refractivity contribution in [1.29, 1.82) is 5.26 Å². The molecule has 0 spiro atoms. The van der Waals surface area contributed by atoms with Crippen LogP contribution in [-0.4, -0.2) is 9.78 Å². The molecular formula is C9H10ClF2N3. The first kappa shape index (κ1) is 11.9. The van der Waals surface area contributed by atoms with Crippen molar-refractivity contribution in [2.75, 3.05) is 0 Å². The Kier molecular flexibility index (Phi) is 3.00. The lowest BCUT2D eigenvalue weighted by Gasteiger charge is -2.20. The smallest absolute Gasteiger partial charge is 0.247 e. The van der Waals surface area contributed by atoms with Crippen LogP contribution in [0, 0.1) is 11.3 Å². The van der Waals surface area contributed by atoms with Gasteiger partial charge in [-0.3, -0.25) is 0 Å². The normalized spacial score (nSPS) is 11.9. The maximum Gasteiger partial charge on any atom is 0.283 e. The molecule has 0 N–H and O–H groups in total. The highest BCUT2D eigenvalue weighted by Crippen LogP contribution is 2.30. The maximum absolute atomic E-state index is 12.5. The van der Waals surface area contributed by atoms with E-state index in [2.05, 4.69) is 5.10 Å². The van der Waals surface area contributed by atoms with E-state index in [0.717, 1.165) is 0 Å². The zero-order valence-corrected chi connectivity index (χ0v) is 9.31. The first-order valence-electron chi connectivity index (χ1n) is 4.26. The summed E-state index contributed by atoms with van der Waals surface area (Å²) in [5.74, 6) is 0. The Morgan fingerprint density at radius 3 is 2.27 bits per heavy atom. The fraction of sp³-hybridized carbons (Fsp3) is 0.556. The Labute approximate surface area is 91.3 Å². The van der Waals surface area contributed by atoms with E-state index in [-0.39, 0.29) is 10.7 Å². The number of hydrogen-bond donors (Lipinski definition) is 0. The predicted molar refractivity (Wildman–Crippen MR) is 51.9 cm³/mol. The van der Waals surface area contributed by atoms with Crippen LogP contribution < -0.4 is 0 Å². The summed E-state index contributed by atoms with van der Waals surface area (Å²) in [6.07, 6.45) is -2.79. The van der Waals surface area contributed by atoms with E-state index in [1.165, 1.54) is 4.68 Å². The number of aromatic nitrogens is 2. The molecule has 0 saturated heterocycles. The van der Waals surface area contributed by atoms with Gasteiger partial charge in [-0.2, -0.15) is 10.4 Å². The van der Waals surface area contributed by atoms with Crippen molar-refractivity contribution in [1.82, 2.24) is 9.78 Å². The second-order valence-corrected chi connectivity index (χ2v) is 4.40. The van der Waals surface area contributed by atoms with Gasteiger partial charge in [0, 0.05) is 0 Å². The van der Waals surface area contributed by atoms with Gasteiger partial charge in [-0.05, 0) is 20.8 Å². The molecule has 0 bridgehead atoms. The van der Waals surface area contributed by atoms with Crippen molar-refractivity contribution in [3.05, 3.63) is 16.4 Å². The highest BCUT2D eigenvalue weighted by atomic mass is 35.5. The molecule has 1 aromatic rings. The average molecular weight is 234 g/mol. The van der Waals surface area contributed by atoms with Gasteiger partial charge in [0.05, 0.1) is 5.54 Å². The summed E-state index contributed by atoms with van der Waals surface area (Å²) in [6, 6.07) is 1.64. The van der Waals surface area contributed by atoms with Crippen molar-refractivity contribution in [3.8, 4) is 6.07 Å². The predicted octanol–water partition coefficient (Wildman–Crippen LogP) is 3.10. The molecule has 0 saturated carbocycles. The van der Waals surface area contributed by atoms with Crippen LogP contribution in [0.1, 0.15) is 38.5 Å². The number of nitriles is 1. The van der Waals surface area contributed by atoms with Crippen LogP contribution in [0.25, 0.3) is 0 Å². The second kappa shape index (κ2) is 3.78. The highest BCUT2D eigenvalue weighted by molar-refractivity contribution is 6.30. The number of halogens is 3. The van der Waals surface area contributed by atoms with Crippen LogP contribution >= 0.6 is 11.6 Å². The van der Waals surface area contributed by atoms with Gasteiger partial charge < -0.3 is 0 Å². The Morgan fingerprint density at radius 2 is 2.00 bits per heavy atom. The van der Waals surface area contributed by atoms with Crippen LogP contribution in [0.2, 0.25) is 5.15 Å². The van der Waals surface area contributed by atoms with E-state index in [4.69, 9.17) is 16.9 Å². The molecule has 0 fully saturated rings. The molecule has 0 aromatic carbocycles. The molecule has 6 heteroatoms. The van der Waals surface area contributed by atoms with Gasteiger partial charge in [0.25, 0.3) is 6.43 Å². The van der Waals surface area contributed by atoms with E-state index in [1.54, 1.807) is 26.8 Å². The summed E-state index contributed by atoms with van der Waals surface area (Å²) in [6.45, 7) is 5.30. The molecule has 1 rings (SSSR count). The first-order chi connectivity index (χ1) is 6.79. The quantitative estimate of drug-likeness (QED) is 0.748. The highest BCUT2D eigenvalue weighted by Gasteiger charge is 2.27. The van der Waals surface area contributed by atoms with Gasteiger partial charge in [-0.1, -0.05) is 11.6 Å². The van der Waals surface area contributed by atoms with Crippen molar-refractivity contribution >= 4 is 11.6 Å². The SMILES string of the molecule is CC(C)(C)n1nc(C(F)F)c(C#N)c1Cl. The Bertz CT molecular complexity index is 412. The summed E-state index contributed by atoms with van der Waals surface area (Å²) in [4.78, 5) is 0. The van der Waals surface area contributed by atoms with Gasteiger partial charge in [0.1, 0.15) is 22.5 Å². The summed E-state index contributed by atoms with van der Waals surface area (Å²) < 4.78 is 26.3. The van der Waals surface area contributed by atoms with Gasteiger partial charge in [0.15, 0.2) is 0 Å². The Hall–Kier alpha value is -1.15. The molecule has 0 radical (unpaired) electrons. The fourth-order valence-electron chi connectivity index (χ4n) is 1.11. The fourth-order valence-corrected chi connectivity index (χ4v) is 1.54. The van der Waals surface area contributed by atoms with E-state index in [1.807, 2.05) is 0 Å². The molecule has 1 heterocycles. The van der Waals surface area contributed by atoms with E-state index < -0.39 is 17.7 Å². The summed E-state index contributed by atoms with van der Waals surface area (Å²) in [5.41, 5.74) is -1.34.